The van der Waals surface area contributed by atoms with Crippen LogP contribution in [-0.4, -0.2) is 42.4 Å². The zero-order chi connectivity index (χ0) is 24.7. The first-order valence-electron chi connectivity index (χ1n) is 11.3. The molecule has 1 N–H and O–H groups in total. The van der Waals surface area contributed by atoms with Gasteiger partial charge in [0.05, 0.1) is 19.2 Å². The van der Waals surface area contributed by atoms with E-state index < -0.39 is 29.9 Å². The molecule has 2 aromatic heterocycles. The average Bonchev–Trinajstić information content (AvgIpc) is 3.24. The van der Waals surface area contributed by atoms with E-state index in [9.17, 15) is 19.5 Å². The molecule has 4 aromatic rings. The van der Waals surface area contributed by atoms with Crippen LogP contribution in [0, 0.1) is 6.92 Å². The van der Waals surface area contributed by atoms with E-state index in [2.05, 4.69) is 4.98 Å². The van der Waals surface area contributed by atoms with E-state index in [0.717, 1.165) is 21.4 Å². The number of ether oxygens (including phenoxy) is 1. The van der Waals surface area contributed by atoms with Crippen LogP contribution >= 0.6 is 0 Å². The van der Waals surface area contributed by atoms with Crippen LogP contribution < -0.4 is 16.1 Å². The molecule has 0 fully saturated rings. The number of aliphatic hydroxyl groups is 1. The van der Waals surface area contributed by atoms with Crippen LogP contribution in [0.25, 0.3) is 11.2 Å². The Kier molecular flexibility index (Phi) is 5.73. The number of hydrogen-bond donors (Lipinski definition) is 1. The first-order chi connectivity index (χ1) is 16.8. The largest absolute Gasteiger partial charge is 0.459 e. The summed E-state index contributed by atoms with van der Waals surface area (Å²) in [5, 5.41) is 10.6. The van der Waals surface area contributed by atoms with Crippen molar-refractivity contribution in [1.29, 1.82) is 0 Å². The highest BCUT2D eigenvalue weighted by atomic mass is 16.5. The van der Waals surface area contributed by atoms with Crippen molar-refractivity contribution >= 4 is 28.8 Å². The summed E-state index contributed by atoms with van der Waals surface area (Å²) in [5.74, 6) is -0.252. The molecule has 1 aliphatic rings. The molecule has 0 amide bonds. The zero-order valence-electron chi connectivity index (χ0n) is 19.4. The molecule has 0 aliphatic carbocycles. The number of imidazole rings is 1. The van der Waals surface area contributed by atoms with Crippen molar-refractivity contribution in [2.45, 2.75) is 32.7 Å². The topological polar surface area (TPSA) is 112 Å². The van der Waals surface area contributed by atoms with Crippen molar-refractivity contribution in [1.82, 2.24) is 18.7 Å². The van der Waals surface area contributed by atoms with Gasteiger partial charge in [0.25, 0.3) is 5.56 Å². The maximum absolute atomic E-state index is 13.4. The van der Waals surface area contributed by atoms with Gasteiger partial charge >= 0.3 is 11.7 Å². The number of carbonyl (C=O) groups is 1. The third kappa shape index (κ3) is 4.12. The number of fused-ring (bicyclic) bond motifs is 3. The van der Waals surface area contributed by atoms with Gasteiger partial charge in [0.15, 0.2) is 11.2 Å². The highest BCUT2D eigenvalue weighted by Gasteiger charge is 2.31. The first-order valence-corrected chi connectivity index (χ1v) is 11.3. The molecular weight excluding hydrogens is 450 g/mol. The molecule has 1 aliphatic heterocycles. The van der Waals surface area contributed by atoms with Gasteiger partial charge in [-0.25, -0.2) is 9.36 Å². The van der Waals surface area contributed by atoms with Crippen LogP contribution in [0.15, 0.2) is 64.2 Å². The standard InChI is InChI=1S/C25H25N5O5/c1-16-8-10-18(11-9-16)28-12-19(31)13-29-21-22(26-24(28)29)27(2)25(34)30(23(21)33)14-20(32)35-15-17-6-4-3-5-7-17/h3-11,19,31H,12-15H2,1-2H3/t19-/m1/s1. The highest BCUT2D eigenvalue weighted by Crippen LogP contribution is 2.31. The average molecular weight is 476 g/mol. The number of aryl methyl sites for hydroxylation is 2. The molecule has 2 aromatic carbocycles. The van der Waals surface area contributed by atoms with Gasteiger partial charge in [-0.2, -0.15) is 4.98 Å². The second kappa shape index (κ2) is 8.88. The molecule has 0 bridgehead atoms. The van der Waals surface area contributed by atoms with E-state index in [1.165, 1.54) is 11.6 Å². The quantitative estimate of drug-likeness (QED) is 0.435. The Labute approximate surface area is 200 Å². The van der Waals surface area contributed by atoms with Crippen molar-refractivity contribution in [3.63, 3.8) is 0 Å². The van der Waals surface area contributed by atoms with Crippen LogP contribution in [0.2, 0.25) is 0 Å². The number of carbonyl (C=O) groups excluding carboxylic acids is 1. The summed E-state index contributed by atoms with van der Waals surface area (Å²) in [5.41, 5.74) is 1.70. The van der Waals surface area contributed by atoms with Crippen LogP contribution in [0.3, 0.4) is 0 Å². The fourth-order valence-electron chi connectivity index (χ4n) is 4.30. The minimum Gasteiger partial charge on any atom is -0.459 e. The highest BCUT2D eigenvalue weighted by molar-refractivity contribution is 5.77. The molecule has 0 radical (unpaired) electrons. The minimum absolute atomic E-state index is 0.0385. The minimum atomic E-state index is -0.762. The third-order valence-corrected chi connectivity index (χ3v) is 6.12. The second-order valence-corrected chi connectivity index (χ2v) is 8.67. The lowest BCUT2D eigenvalue weighted by atomic mass is 10.2. The summed E-state index contributed by atoms with van der Waals surface area (Å²) in [6.07, 6.45) is -0.762. The van der Waals surface area contributed by atoms with E-state index in [-0.39, 0.29) is 24.3 Å². The molecule has 0 saturated carbocycles. The summed E-state index contributed by atoms with van der Waals surface area (Å²) in [6.45, 7) is 1.92. The normalized spacial score (nSPS) is 15.3. The van der Waals surface area contributed by atoms with E-state index in [1.54, 1.807) is 4.57 Å². The van der Waals surface area contributed by atoms with E-state index in [4.69, 9.17) is 4.74 Å². The van der Waals surface area contributed by atoms with Crippen molar-refractivity contribution < 1.29 is 14.6 Å². The van der Waals surface area contributed by atoms with Gasteiger partial charge < -0.3 is 19.3 Å². The fourth-order valence-corrected chi connectivity index (χ4v) is 4.30. The number of hydrogen-bond acceptors (Lipinski definition) is 7. The second-order valence-electron chi connectivity index (χ2n) is 8.67. The zero-order valence-corrected chi connectivity index (χ0v) is 19.4. The van der Waals surface area contributed by atoms with Gasteiger partial charge in [0.1, 0.15) is 13.2 Å². The Morgan fingerprint density at radius 1 is 1.09 bits per heavy atom. The molecule has 35 heavy (non-hydrogen) atoms. The summed E-state index contributed by atoms with van der Waals surface area (Å²) in [6, 6.07) is 16.9. The Morgan fingerprint density at radius 2 is 1.80 bits per heavy atom. The number of aromatic nitrogens is 4. The number of benzene rings is 2. The Morgan fingerprint density at radius 3 is 2.51 bits per heavy atom. The monoisotopic (exact) mass is 475 g/mol. The summed E-state index contributed by atoms with van der Waals surface area (Å²) < 4.78 is 8.97. The third-order valence-electron chi connectivity index (χ3n) is 6.12. The Hall–Kier alpha value is -4.18. The van der Waals surface area contributed by atoms with E-state index >= 15 is 0 Å². The predicted octanol–water partition coefficient (Wildman–Crippen LogP) is 1.46. The predicted molar refractivity (Wildman–Crippen MR) is 130 cm³/mol. The SMILES string of the molecule is Cc1ccc(N2C[C@@H](O)Cn3c2nc2c3c(=O)n(CC(=O)OCc3ccccc3)c(=O)n2C)cc1. The van der Waals surface area contributed by atoms with Crippen molar-refractivity contribution in [2.24, 2.45) is 7.05 Å². The van der Waals surface area contributed by atoms with Gasteiger partial charge in [-0.05, 0) is 24.6 Å². The number of anilines is 2. The molecule has 0 unspecified atom stereocenters. The number of esters is 1. The Bertz CT molecular complexity index is 1520. The smallest absolute Gasteiger partial charge is 0.333 e. The van der Waals surface area contributed by atoms with E-state index in [0.29, 0.717) is 12.5 Å². The number of nitrogens with zero attached hydrogens (tertiary/aromatic N) is 5. The van der Waals surface area contributed by atoms with Gasteiger partial charge in [-0.3, -0.25) is 14.2 Å². The molecule has 0 spiro atoms. The van der Waals surface area contributed by atoms with Gasteiger partial charge in [-0.1, -0.05) is 48.0 Å². The Balaban J connectivity index is 1.54. The van der Waals surface area contributed by atoms with Gasteiger partial charge in [0.2, 0.25) is 5.95 Å². The summed E-state index contributed by atoms with van der Waals surface area (Å²) in [4.78, 5) is 45.3. The van der Waals surface area contributed by atoms with Gasteiger partial charge in [-0.15, -0.1) is 0 Å². The molecule has 10 heteroatoms. The molecular formula is C25H25N5O5. The first kappa shape index (κ1) is 22.6. The van der Waals surface area contributed by atoms with Crippen molar-refractivity contribution in [3.8, 4) is 0 Å². The van der Waals surface area contributed by atoms with Crippen LogP contribution in [0.5, 0.6) is 0 Å². The number of rotatable bonds is 5. The maximum Gasteiger partial charge on any atom is 0.333 e. The maximum atomic E-state index is 13.4. The van der Waals surface area contributed by atoms with Crippen molar-refractivity contribution in [2.75, 3.05) is 11.4 Å². The molecule has 10 nitrogen and oxygen atoms in total. The molecule has 3 heterocycles. The van der Waals surface area contributed by atoms with Crippen LogP contribution in [0.1, 0.15) is 11.1 Å². The van der Waals surface area contributed by atoms with Crippen LogP contribution in [0.4, 0.5) is 11.6 Å². The lowest BCUT2D eigenvalue weighted by molar-refractivity contribution is -0.145. The lowest BCUT2D eigenvalue weighted by Crippen LogP contribution is -2.43. The van der Waals surface area contributed by atoms with Gasteiger partial charge in [0, 0.05) is 12.7 Å². The summed E-state index contributed by atoms with van der Waals surface area (Å²) >= 11 is 0. The van der Waals surface area contributed by atoms with E-state index in [1.807, 2.05) is 66.4 Å². The molecule has 0 saturated heterocycles. The summed E-state index contributed by atoms with van der Waals surface area (Å²) in [7, 11) is 1.50. The fraction of sp³-hybridized carbons (Fsp3) is 0.280. The molecule has 5 rings (SSSR count). The number of β-amino-alcohol motifs (C(OH)–C–C–N with tert-alkyl or cyclic N) is 1. The lowest BCUT2D eigenvalue weighted by Gasteiger charge is -2.32. The molecule has 180 valence electrons. The van der Waals surface area contributed by atoms with Crippen LogP contribution in [-0.2, 0) is 36.3 Å². The van der Waals surface area contributed by atoms with Crippen molar-refractivity contribution in [3.05, 3.63) is 86.6 Å². The molecule has 1 atom stereocenters. The number of aliphatic hydroxyl groups excluding tert-OH is 1.